The van der Waals surface area contributed by atoms with Crippen molar-refractivity contribution in [2.24, 2.45) is 0 Å². The summed E-state index contributed by atoms with van der Waals surface area (Å²) in [5.41, 5.74) is 1.39. The molecule has 0 radical (unpaired) electrons. The number of ether oxygens (including phenoxy) is 1. The van der Waals surface area contributed by atoms with Crippen molar-refractivity contribution in [1.29, 1.82) is 0 Å². The Bertz CT molecular complexity index is 956. The van der Waals surface area contributed by atoms with Gasteiger partial charge in [0.25, 0.3) is 5.91 Å². The average molecular weight is 477 g/mol. The molecule has 0 saturated carbocycles. The highest BCUT2D eigenvalue weighted by molar-refractivity contribution is 6.09. The van der Waals surface area contributed by atoms with Crippen LogP contribution in [0.1, 0.15) is 42.5 Å². The molecule has 2 aliphatic rings. The Morgan fingerprint density at radius 1 is 1.09 bits per heavy atom. The van der Waals surface area contributed by atoms with Gasteiger partial charge in [-0.05, 0) is 56.4 Å². The van der Waals surface area contributed by atoms with Gasteiger partial charge >= 0.3 is 6.18 Å². The van der Waals surface area contributed by atoms with Gasteiger partial charge < -0.3 is 9.64 Å². The third kappa shape index (κ3) is 5.81. The fourth-order valence-electron chi connectivity index (χ4n) is 4.89. The molecule has 2 aliphatic heterocycles. The molecule has 34 heavy (non-hydrogen) atoms. The largest absolute Gasteiger partial charge is 0.497 e. The number of anilines is 2. The minimum absolute atomic E-state index is 0.184. The van der Waals surface area contributed by atoms with Gasteiger partial charge in [-0.15, -0.1) is 0 Å². The second-order valence-electron chi connectivity index (χ2n) is 8.92. The summed E-state index contributed by atoms with van der Waals surface area (Å²) in [4.78, 5) is 23.8. The first-order valence-electron chi connectivity index (χ1n) is 11.8. The Labute approximate surface area is 198 Å². The molecular formula is C25H31F3N4O2. The maximum absolute atomic E-state index is 14.0. The number of carbonyl (C=O) groups is 1. The second kappa shape index (κ2) is 10.6. The van der Waals surface area contributed by atoms with Crippen LogP contribution in [0.2, 0.25) is 0 Å². The number of carbonyl (C=O) groups excluding carboxylic acids is 1. The fraction of sp³-hybridized carbons (Fsp3) is 0.520. The summed E-state index contributed by atoms with van der Waals surface area (Å²) < 4.78 is 44.0. The van der Waals surface area contributed by atoms with Crippen molar-refractivity contribution in [1.82, 2.24) is 9.88 Å². The first kappa shape index (κ1) is 24.3. The molecule has 2 aromatic rings. The lowest BCUT2D eigenvalue weighted by Gasteiger charge is -2.39. The first-order valence-corrected chi connectivity index (χ1v) is 11.8. The van der Waals surface area contributed by atoms with E-state index in [0.717, 1.165) is 31.6 Å². The van der Waals surface area contributed by atoms with E-state index in [2.05, 4.69) is 9.88 Å². The summed E-state index contributed by atoms with van der Waals surface area (Å²) in [7, 11) is 1.60. The Balaban J connectivity index is 1.64. The standard InChI is InChI=1S/C25H31F3N4O2/c1-34-20-8-9-21(22(17-20)31-13-5-2-6-14-31)24(33)32(23-7-3-4-12-29-23)19-10-15-30(16-11-19)18-25(26,27)28/h3-4,7-9,12,17,19H,2,5-6,10-11,13-16,18H2,1H3. The molecule has 6 nitrogen and oxygen atoms in total. The molecule has 0 spiro atoms. The van der Waals surface area contributed by atoms with Gasteiger partial charge in [-0.2, -0.15) is 13.2 Å². The van der Waals surface area contributed by atoms with Crippen LogP contribution in [0.4, 0.5) is 24.7 Å². The van der Waals surface area contributed by atoms with Crippen LogP contribution in [0.5, 0.6) is 5.75 Å². The van der Waals surface area contributed by atoms with E-state index in [9.17, 15) is 18.0 Å². The maximum Gasteiger partial charge on any atom is 0.401 e. The molecule has 0 unspecified atom stereocenters. The van der Waals surface area contributed by atoms with E-state index >= 15 is 0 Å². The number of aromatic nitrogens is 1. The second-order valence-corrected chi connectivity index (χ2v) is 8.92. The number of amides is 1. The van der Waals surface area contributed by atoms with Crippen LogP contribution >= 0.6 is 0 Å². The van der Waals surface area contributed by atoms with E-state index in [1.54, 1.807) is 42.5 Å². The Kier molecular flexibility index (Phi) is 7.60. The molecule has 2 saturated heterocycles. The van der Waals surface area contributed by atoms with Gasteiger partial charge in [0.15, 0.2) is 0 Å². The van der Waals surface area contributed by atoms with E-state index < -0.39 is 12.7 Å². The van der Waals surface area contributed by atoms with E-state index in [4.69, 9.17) is 4.74 Å². The third-order valence-electron chi connectivity index (χ3n) is 6.57. The number of halogens is 3. The predicted octanol–water partition coefficient (Wildman–Crippen LogP) is 4.75. The smallest absolute Gasteiger partial charge is 0.401 e. The van der Waals surface area contributed by atoms with Gasteiger partial charge in [0.05, 0.1) is 24.9 Å². The fourth-order valence-corrected chi connectivity index (χ4v) is 4.89. The van der Waals surface area contributed by atoms with Crippen molar-refractivity contribution in [3.05, 3.63) is 48.2 Å². The van der Waals surface area contributed by atoms with Crippen LogP contribution in [0.25, 0.3) is 0 Å². The molecular weight excluding hydrogens is 445 g/mol. The number of rotatable bonds is 6. The number of pyridine rings is 1. The maximum atomic E-state index is 14.0. The molecule has 4 rings (SSSR count). The molecule has 2 fully saturated rings. The van der Waals surface area contributed by atoms with Crippen molar-refractivity contribution in [3.8, 4) is 5.75 Å². The van der Waals surface area contributed by atoms with Gasteiger partial charge in [-0.1, -0.05) is 6.07 Å². The minimum Gasteiger partial charge on any atom is -0.497 e. The number of alkyl halides is 3. The highest BCUT2D eigenvalue weighted by atomic mass is 19.4. The van der Waals surface area contributed by atoms with E-state index in [1.807, 2.05) is 12.1 Å². The van der Waals surface area contributed by atoms with Crippen molar-refractivity contribution in [2.45, 2.75) is 44.3 Å². The number of likely N-dealkylation sites (tertiary alicyclic amines) is 1. The number of piperidine rings is 2. The Hall–Kier alpha value is -2.81. The zero-order chi connectivity index (χ0) is 24.1. The summed E-state index contributed by atoms with van der Waals surface area (Å²) in [5, 5.41) is 0. The van der Waals surface area contributed by atoms with Crippen LogP contribution in [-0.4, -0.2) is 67.8 Å². The van der Waals surface area contributed by atoms with Crippen LogP contribution < -0.4 is 14.5 Å². The molecule has 3 heterocycles. The van der Waals surface area contributed by atoms with Gasteiger partial charge in [0.2, 0.25) is 0 Å². The van der Waals surface area contributed by atoms with E-state index in [-0.39, 0.29) is 25.0 Å². The number of benzene rings is 1. The molecule has 9 heteroatoms. The first-order chi connectivity index (χ1) is 16.4. The normalized spacial score (nSPS) is 18.1. The quantitative estimate of drug-likeness (QED) is 0.602. The van der Waals surface area contributed by atoms with E-state index in [1.165, 1.54) is 11.3 Å². The van der Waals surface area contributed by atoms with Crippen LogP contribution in [0, 0.1) is 0 Å². The van der Waals surface area contributed by atoms with E-state index in [0.29, 0.717) is 30.0 Å². The highest BCUT2D eigenvalue weighted by Gasteiger charge is 2.36. The monoisotopic (exact) mass is 476 g/mol. The zero-order valence-corrected chi connectivity index (χ0v) is 19.4. The lowest BCUT2D eigenvalue weighted by Crippen LogP contribution is -2.49. The Morgan fingerprint density at radius 3 is 2.44 bits per heavy atom. The minimum atomic E-state index is -4.23. The summed E-state index contributed by atoms with van der Waals surface area (Å²) in [6.07, 6.45) is 1.60. The average Bonchev–Trinajstić information content (AvgIpc) is 2.85. The molecule has 0 bridgehead atoms. The molecule has 1 amide bonds. The molecule has 0 N–H and O–H groups in total. The summed E-state index contributed by atoms with van der Waals surface area (Å²) in [6.45, 7) is 1.37. The lowest BCUT2D eigenvalue weighted by molar-refractivity contribution is -0.147. The third-order valence-corrected chi connectivity index (χ3v) is 6.57. The van der Waals surface area contributed by atoms with Crippen molar-refractivity contribution in [2.75, 3.05) is 49.6 Å². The summed E-state index contributed by atoms with van der Waals surface area (Å²) in [6, 6.07) is 10.6. The topological polar surface area (TPSA) is 48.9 Å². The zero-order valence-electron chi connectivity index (χ0n) is 19.4. The summed E-state index contributed by atoms with van der Waals surface area (Å²) in [5.74, 6) is 1.01. The van der Waals surface area contributed by atoms with Gasteiger partial charge in [-0.25, -0.2) is 4.98 Å². The number of nitrogens with zero attached hydrogens (tertiary/aromatic N) is 4. The van der Waals surface area contributed by atoms with Crippen molar-refractivity contribution in [3.63, 3.8) is 0 Å². The van der Waals surface area contributed by atoms with Crippen LogP contribution in [0.15, 0.2) is 42.6 Å². The number of hydrogen-bond donors (Lipinski definition) is 0. The molecule has 0 aliphatic carbocycles. The molecule has 1 aromatic carbocycles. The van der Waals surface area contributed by atoms with Crippen molar-refractivity contribution < 1.29 is 22.7 Å². The highest BCUT2D eigenvalue weighted by Crippen LogP contribution is 2.33. The van der Waals surface area contributed by atoms with Gasteiger partial charge in [0, 0.05) is 44.5 Å². The van der Waals surface area contributed by atoms with Crippen LogP contribution in [-0.2, 0) is 0 Å². The molecule has 184 valence electrons. The lowest BCUT2D eigenvalue weighted by atomic mass is 10.00. The van der Waals surface area contributed by atoms with Crippen LogP contribution in [0.3, 0.4) is 0 Å². The SMILES string of the molecule is COc1ccc(C(=O)N(c2ccccn2)C2CCN(CC(F)(F)F)CC2)c(N2CCCCC2)c1. The predicted molar refractivity (Wildman–Crippen MR) is 126 cm³/mol. The summed E-state index contributed by atoms with van der Waals surface area (Å²) >= 11 is 0. The van der Waals surface area contributed by atoms with Gasteiger partial charge in [-0.3, -0.25) is 14.6 Å². The van der Waals surface area contributed by atoms with Crippen molar-refractivity contribution >= 4 is 17.4 Å². The van der Waals surface area contributed by atoms with Gasteiger partial charge in [0.1, 0.15) is 11.6 Å². The number of hydrogen-bond acceptors (Lipinski definition) is 5. The molecule has 1 aromatic heterocycles. The Morgan fingerprint density at radius 2 is 1.82 bits per heavy atom. The molecule has 0 atom stereocenters. The number of methoxy groups -OCH3 is 1.